The molecule has 3 aromatic rings. The Kier molecular flexibility index (Phi) is 4.08. The van der Waals surface area contributed by atoms with Gasteiger partial charge in [0, 0.05) is 5.70 Å². The monoisotopic (exact) mass is 348 g/mol. The molecule has 1 N–H and O–H groups in total. The molecule has 2 heterocycles. The molecule has 26 heavy (non-hydrogen) atoms. The van der Waals surface area contributed by atoms with Crippen LogP contribution in [0.15, 0.2) is 54.6 Å². The molecule has 0 bridgehead atoms. The van der Waals surface area contributed by atoms with Crippen LogP contribution in [0.4, 0.5) is 5.95 Å². The Balaban J connectivity index is 1.83. The first-order valence-electron chi connectivity index (χ1n) is 8.39. The second-order valence-corrected chi connectivity index (χ2v) is 6.06. The minimum absolute atomic E-state index is 0.0949. The van der Waals surface area contributed by atoms with Gasteiger partial charge in [0.2, 0.25) is 5.95 Å². The van der Waals surface area contributed by atoms with Crippen molar-refractivity contribution in [1.82, 2.24) is 14.8 Å². The zero-order chi connectivity index (χ0) is 18.1. The summed E-state index contributed by atoms with van der Waals surface area (Å²) in [7, 11) is 3.27. The molecule has 0 saturated heterocycles. The van der Waals surface area contributed by atoms with Gasteiger partial charge in [-0.25, -0.2) is 4.68 Å². The molecule has 0 aliphatic carbocycles. The fraction of sp³-hybridized carbons (Fsp3) is 0.200. The summed E-state index contributed by atoms with van der Waals surface area (Å²) >= 11 is 0. The lowest BCUT2D eigenvalue weighted by atomic mass is 10.0. The van der Waals surface area contributed by atoms with Crippen molar-refractivity contribution < 1.29 is 9.47 Å². The van der Waals surface area contributed by atoms with Crippen molar-refractivity contribution in [2.24, 2.45) is 0 Å². The SMILES string of the molecule is COc1ccc([C@@H]2C=C(c3ccccc3)Nc3nc(C)nn32)cc1OC. The van der Waals surface area contributed by atoms with Crippen molar-refractivity contribution in [3.05, 3.63) is 71.6 Å². The molecular formula is C20H20N4O2. The molecule has 1 aliphatic heterocycles. The van der Waals surface area contributed by atoms with Crippen LogP contribution in [0.1, 0.15) is 23.0 Å². The van der Waals surface area contributed by atoms with E-state index < -0.39 is 0 Å². The first-order chi connectivity index (χ1) is 12.7. The second-order valence-electron chi connectivity index (χ2n) is 6.06. The van der Waals surface area contributed by atoms with E-state index in [2.05, 4.69) is 33.6 Å². The van der Waals surface area contributed by atoms with Gasteiger partial charge in [0.1, 0.15) is 11.9 Å². The van der Waals surface area contributed by atoms with Gasteiger partial charge in [-0.3, -0.25) is 0 Å². The maximum absolute atomic E-state index is 5.47. The highest BCUT2D eigenvalue weighted by molar-refractivity contribution is 5.77. The third kappa shape index (κ3) is 2.79. The lowest BCUT2D eigenvalue weighted by Gasteiger charge is -2.25. The zero-order valence-corrected chi connectivity index (χ0v) is 14.9. The van der Waals surface area contributed by atoms with Crippen molar-refractivity contribution in [2.45, 2.75) is 13.0 Å². The van der Waals surface area contributed by atoms with Crippen LogP contribution in [0.25, 0.3) is 5.70 Å². The third-order valence-electron chi connectivity index (χ3n) is 4.41. The Morgan fingerprint density at radius 3 is 2.50 bits per heavy atom. The third-order valence-corrected chi connectivity index (χ3v) is 4.41. The Hall–Kier alpha value is -3.28. The number of aryl methyl sites for hydroxylation is 1. The van der Waals surface area contributed by atoms with E-state index in [9.17, 15) is 0 Å². The molecule has 0 spiro atoms. The Bertz CT molecular complexity index is 963. The summed E-state index contributed by atoms with van der Waals surface area (Å²) < 4.78 is 12.7. The highest BCUT2D eigenvalue weighted by Gasteiger charge is 2.25. The molecule has 0 saturated carbocycles. The van der Waals surface area contributed by atoms with Crippen LogP contribution in [0.2, 0.25) is 0 Å². The Morgan fingerprint density at radius 2 is 1.77 bits per heavy atom. The van der Waals surface area contributed by atoms with E-state index in [0.717, 1.165) is 28.6 Å². The lowest BCUT2D eigenvalue weighted by molar-refractivity contribution is 0.354. The fourth-order valence-corrected chi connectivity index (χ4v) is 3.16. The Morgan fingerprint density at radius 1 is 1.00 bits per heavy atom. The molecule has 0 fully saturated rings. The molecule has 2 aromatic carbocycles. The maximum atomic E-state index is 5.47. The predicted molar refractivity (Wildman–Crippen MR) is 100 cm³/mol. The van der Waals surface area contributed by atoms with Gasteiger partial charge in [0.05, 0.1) is 14.2 Å². The number of rotatable bonds is 4. The molecule has 6 nitrogen and oxygen atoms in total. The van der Waals surface area contributed by atoms with Crippen molar-refractivity contribution in [3.63, 3.8) is 0 Å². The van der Waals surface area contributed by atoms with Crippen LogP contribution < -0.4 is 14.8 Å². The first-order valence-corrected chi connectivity index (χ1v) is 8.39. The number of benzene rings is 2. The van der Waals surface area contributed by atoms with Crippen LogP contribution in [0.5, 0.6) is 11.5 Å². The van der Waals surface area contributed by atoms with E-state index in [4.69, 9.17) is 9.47 Å². The standard InChI is InChI=1S/C20H20N4O2/c1-13-21-20-22-16(14-7-5-4-6-8-14)12-17(24(20)23-13)15-9-10-18(25-2)19(11-15)26-3/h4-12,17H,1-3H3,(H,21,22,23)/t17-/m0/s1. The van der Waals surface area contributed by atoms with Gasteiger partial charge >= 0.3 is 0 Å². The summed E-state index contributed by atoms with van der Waals surface area (Å²) in [5.41, 5.74) is 3.15. The van der Waals surface area contributed by atoms with Gasteiger partial charge in [0.25, 0.3) is 0 Å². The number of nitrogens with zero attached hydrogens (tertiary/aromatic N) is 3. The minimum Gasteiger partial charge on any atom is -0.493 e. The van der Waals surface area contributed by atoms with E-state index in [-0.39, 0.29) is 6.04 Å². The average molecular weight is 348 g/mol. The minimum atomic E-state index is -0.0949. The summed E-state index contributed by atoms with van der Waals surface area (Å²) in [5, 5.41) is 7.94. The number of ether oxygens (including phenoxy) is 2. The van der Waals surface area contributed by atoms with Gasteiger partial charge in [0.15, 0.2) is 11.5 Å². The fourth-order valence-electron chi connectivity index (χ4n) is 3.16. The topological polar surface area (TPSA) is 61.2 Å². The molecule has 6 heteroatoms. The summed E-state index contributed by atoms with van der Waals surface area (Å²) in [6.07, 6.45) is 2.15. The van der Waals surface area contributed by atoms with Gasteiger partial charge in [-0.1, -0.05) is 36.4 Å². The van der Waals surface area contributed by atoms with Crippen LogP contribution in [0, 0.1) is 6.92 Å². The molecule has 4 rings (SSSR count). The largest absolute Gasteiger partial charge is 0.493 e. The van der Waals surface area contributed by atoms with Crippen LogP contribution in [0.3, 0.4) is 0 Å². The lowest BCUT2D eigenvalue weighted by Crippen LogP contribution is -2.20. The number of fused-ring (bicyclic) bond motifs is 1. The number of hydrogen-bond acceptors (Lipinski definition) is 5. The van der Waals surface area contributed by atoms with Gasteiger partial charge in [-0.15, -0.1) is 0 Å². The maximum Gasteiger partial charge on any atom is 0.226 e. The van der Waals surface area contributed by atoms with Crippen molar-refractivity contribution in [1.29, 1.82) is 0 Å². The van der Waals surface area contributed by atoms with E-state index in [1.54, 1.807) is 14.2 Å². The van der Waals surface area contributed by atoms with E-state index >= 15 is 0 Å². The van der Waals surface area contributed by atoms with Crippen LogP contribution in [-0.4, -0.2) is 29.0 Å². The number of aromatic nitrogens is 3. The van der Waals surface area contributed by atoms with Gasteiger partial charge < -0.3 is 14.8 Å². The molecular weight excluding hydrogens is 328 g/mol. The van der Waals surface area contributed by atoms with Crippen LogP contribution >= 0.6 is 0 Å². The number of anilines is 1. The molecule has 0 unspecified atom stereocenters. The molecule has 0 amide bonds. The summed E-state index contributed by atoms with van der Waals surface area (Å²) in [5.74, 6) is 2.84. The molecule has 0 radical (unpaired) electrons. The quantitative estimate of drug-likeness (QED) is 0.780. The molecule has 1 aliphatic rings. The Labute approximate surface area is 152 Å². The molecule has 1 aromatic heterocycles. The average Bonchev–Trinajstić information content (AvgIpc) is 3.07. The zero-order valence-electron chi connectivity index (χ0n) is 14.9. The van der Waals surface area contributed by atoms with E-state index in [1.165, 1.54) is 0 Å². The highest BCUT2D eigenvalue weighted by Crippen LogP contribution is 2.36. The molecule has 1 atom stereocenters. The van der Waals surface area contributed by atoms with Crippen LogP contribution in [-0.2, 0) is 0 Å². The summed E-state index contributed by atoms with van der Waals surface area (Å²) in [4.78, 5) is 4.52. The van der Waals surface area contributed by atoms with E-state index in [1.807, 2.05) is 48.0 Å². The summed E-state index contributed by atoms with van der Waals surface area (Å²) in [6, 6.07) is 16.0. The number of nitrogens with one attached hydrogen (secondary N) is 1. The number of methoxy groups -OCH3 is 2. The number of hydrogen-bond donors (Lipinski definition) is 1. The summed E-state index contributed by atoms with van der Waals surface area (Å²) in [6.45, 7) is 1.89. The second kappa shape index (κ2) is 6.55. The van der Waals surface area contributed by atoms with Gasteiger partial charge in [-0.05, 0) is 36.3 Å². The van der Waals surface area contributed by atoms with Crippen molar-refractivity contribution in [2.75, 3.05) is 19.5 Å². The van der Waals surface area contributed by atoms with E-state index in [0.29, 0.717) is 11.5 Å². The molecule has 132 valence electrons. The van der Waals surface area contributed by atoms with Crippen molar-refractivity contribution >= 4 is 11.6 Å². The predicted octanol–water partition coefficient (Wildman–Crippen LogP) is 3.66. The normalized spacial score (nSPS) is 15.7. The first kappa shape index (κ1) is 16.2. The van der Waals surface area contributed by atoms with Gasteiger partial charge in [-0.2, -0.15) is 10.1 Å². The smallest absolute Gasteiger partial charge is 0.226 e. The van der Waals surface area contributed by atoms with Crippen molar-refractivity contribution in [3.8, 4) is 11.5 Å². The highest BCUT2D eigenvalue weighted by atomic mass is 16.5. The number of allylic oxidation sites excluding steroid dienone is 1.